The van der Waals surface area contributed by atoms with Crippen LogP contribution in [0.1, 0.15) is 0 Å². The van der Waals surface area contributed by atoms with Crippen LogP contribution in [0.3, 0.4) is 0 Å². The van der Waals surface area contributed by atoms with Crippen LogP contribution in [0, 0.1) is 0 Å². The van der Waals surface area contributed by atoms with Gasteiger partial charge in [0, 0.05) is 11.2 Å². The molecule has 0 aliphatic rings. The first-order chi connectivity index (χ1) is 6.72. The Hall–Kier alpha value is -0.990. The number of hydrogen-bond donors (Lipinski definition) is 0. The summed E-state index contributed by atoms with van der Waals surface area (Å²) in [6.07, 6.45) is 1.66. The van der Waals surface area contributed by atoms with Gasteiger partial charge in [-0.1, -0.05) is 23.2 Å². The number of nitrogens with zero attached hydrogens (tertiary/aromatic N) is 1. The van der Waals surface area contributed by atoms with Crippen LogP contribution in [0.4, 0.5) is 0 Å². The zero-order valence-electron chi connectivity index (χ0n) is 7.42. The first kappa shape index (κ1) is 9.56. The SMILES string of the molecule is COc1nccc2cc(Cl)cc(Cl)c12. The standard InChI is InChI=1S/C10H7Cl2NO/c1-14-10-9-6(2-3-13-10)4-7(11)5-8(9)12/h2-5H,1H3. The Morgan fingerprint density at radius 2 is 2.07 bits per heavy atom. The zero-order valence-corrected chi connectivity index (χ0v) is 8.93. The lowest BCUT2D eigenvalue weighted by Crippen LogP contribution is -1.89. The van der Waals surface area contributed by atoms with E-state index in [-0.39, 0.29) is 0 Å². The van der Waals surface area contributed by atoms with Crippen LogP contribution in [0.2, 0.25) is 10.0 Å². The number of methoxy groups -OCH3 is 1. The van der Waals surface area contributed by atoms with Crippen molar-refractivity contribution < 1.29 is 4.74 Å². The fraction of sp³-hybridized carbons (Fsp3) is 0.100. The van der Waals surface area contributed by atoms with Gasteiger partial charge >= 0.3 is 0 Å². The summed E-state index contributed by atoms with van der Waals surface area (Å²) < 4.78 is 5.11. The molecule has 0 N–H and O–H groups in total. The van der Waals surface area contributed by atoms with Gasteiger partial charge in [-0.25, -0.2) is 4.98 Å². The maximum atomic E-state index is 6.04. The molecule has 14 heavy (non-hydrogen) atoms. The summed E-state index contributed by atoms with van der Waals surface area (Å²) in [5.41, 5.74) is 0. The molecule has 0 aliphatic heterocycles. The first-order valence-electron chi connectivity index (χ1n) is 4.00. The van der Waals surface area contributed by atoms with E-state index in [1.807, 2.05) is 12.1 Å². The highest BCUT2D eigenvalue weighted by Crippen LogP contribution is 2.32. The molecule has 0 radical (unpaired) electrons. The van der Waals surface area contributed by atoms with Gasteiger partial charge in [0.25, 0.3) is 0 Å². The minimum atomic E-state index is 0.518. The van der Waals surface area contributed by atoms with Crippen molar-refractivity contribution in [2.24, 2.45) is 0 Å². The predicted octanol–water partition coefficient (Wildman–Crippen LogP) is 3.55. The highest BCUT2D eigenvalue weighted by Gasteiger charge is 2.07. The van der Waals surface area contributed by atoms with Crippen molar-refractivity contribution in [3.05, 3.63) is 34.4 Å². The van der Waals surface area contributed by atoms with Crippen LogP contribution in [0.15, 0.2) is 24.4 Å². The van der Waals surface area contributed by atoms with Crippen LogP contribution in [0.25, 0.3) is 10.8 Å². The molecule has 2 aromatic rings. The molecule has 0 aliphatic carbocycles. The maximum Gasteiger partial charge on any atom is 0.222 e. The molecule has 1 aromatic heterocycles. The lowest BCUT2D eigenvalue weighted by molar-refractivity contribution is 0.403. The Morgan fingerprint density at radius 1 is 1.29 bits per heavy atom. The molecule has 0 spiro atoms. The summed E-state index contributed by atoms with van der Waals surface area (Å²) in [4.78, 5) is 4.07. The van der Waals surface area contributed by atoms with Crippen molar-refractivity contribution in [3.8, 4) is 5.88 Å². The minimum Gasteiger partial charge on any atom is -0.481 e. The summed E-state index contributed by atoms with van der Waals surface area (Å²) in [6.45, 7) is 0. The lowest BCUT2D eigenvalue weighted by atomic mass is 10.2. The Labute approximate surface area is 91.4 Å². The fourth-order valence-corrected chi connectivity index (χ4v) is 1.95. The molecule has 0 fully saturated rings. The molecular weight excluding hydrogens is 221 g/mol. The molecule has 1 aromatic carbocycles. The van der Waals surface area contributed by atoms with Gasteiger partial charge in [-0.3, -0.25) is 0 Å². The van der Waals surface area contributed by atoms with Gasteiger partial charge in [-0.2, -0.15) is 0 Å². The number of ether oxygens (including phenoxy) is 1. The van der Waals surface area contributed by atoms with Gasteiger partial charge in [0.2, 0.25) is 5.88 Å². The normalized spacial score (nSPS) is 10.5. The third-order valence-corrected chi connectivity index (χ3v) is 2.45. The van der Waals surface area contributed by atoms with E-state index in [0.717, 1.165) is 10.8 Å². The van der Waals surface area contributed by atoms with Gasteiger partial charge in [-0.15, -0.1) is 0 Å². The quantitative estimate of drug-likeness (QED) is 0.744. The van der Waals surface area contributed by atoms with Crippen LogP contribution < -0.4 is 4.74 Å². The highest BCUT2D eigenvalue weighted by atomic mass is 35.5. The summed E-state index contributed by atoms with van der Waals surface area (Å²) >= 11 is 11.9. The van der Waals surface area contributed by atoms with Crippen molar-refractivity contribution in [2.45, 2.75) is 0 Å². The molecule has 0 amide bonds. The van der Waals surface area contributed by atoms with Crippen LogP contribution in [-0.2, 0) is 0 Å². The van der Waals surface area contributed by atoms with Gasteiger partial charge in [0.05, 0.1) is 17.5 Å². The van der Waals surface area contributed by atoms with Crippen LogP contribution in [-0.4, -0.2) is 12.1 Å². The number of halogens is 2. The van der Waals surface area contributed by atoms with E-state index < -0.39 is 0 Å². The Morgan fingerprint density at radius 3 is 2.79 bits per heavy atom. The monoisotopic (exact) mass is 227 g/mol. The van der Waals surface area contributed by atoms with Crippen LogP contribution in [0.5, 0.6) is 5.88 Å². The van der Waals surface area contributed by atoms with Crippen molar-refractivity contribution in [1.29, 1.82) is 0 Å². The number of benzene rings is 1. The van der Waals surface area contributed by atoms with Crippen molar-refractivity contribution >= 4 is 34.0 Å². The average molecular weight is 228 g/mol. The molecule has 0 bridgehead atoms. The van der Waals surface area contributed by atoms with E-state index in [1.54, 1.807) is 19.4 Å². The molecule has 2 rings (SSSR count). The molecule has 1 heterocycles. The molecule has 2 nitrogen and oxygen atoms in total. The average Bonchev–Trinajstić information content (AvgIpc) is 2.16. The fourth-order valence-electron chi connectivity index (χ4n) is 1.36. The second-order valence-corrected chi connectivity index (χ2v) is 3.65. The van der Waals surface area contributed by atoms with E-state index in [1.165, 1.54) is 0 Å². The number of aromatic nitrogens is 1. The third-order valence-electron chi connectivity index (χ3n) is 1.94. The van der Waals surface area contributed by atoms with E-state index in [9.17, 15) is 0 Å². The minimum absolute atomic E-state index is 0.518. The number of fused-ring (bicyclic) bond motifs is 1. The molecule has 0 unspecified atom stereocenters. The number of pyridine rings is 1. The Kier molecular flexibility index (Phi) is 2.48. The lowest BCUT2D eigenvalue weighted by Gasteiger charge is -2.05. The number of hydrogen-bond acceptors (Lipinski definition) is 2. The summed E-state index contributed by atoms with van der Waals surface area (Å²) in [5, 5.41) is 2.88. The van der Waals surface area contributed by atoms with Crippen molar-refractivity contribution in [3.63, 3.8) is 0 Å². The van der Waals surface area contributed by atoms with E-state index in [0.29, 0.717) is 15.9 Å². The van der Waals surface area contributed by atoms with E-state index in [2.05, 4.69) is 4.98 Å². The van der Waals surface area contributed by atoms with Crippen molar-refractivity contribution in [1.82, 2.24) is 4.98 Å². The summed E-state index contributed by atoms with van der Waals surface area (Å²) in [6, 6.07) is 5.35. The van der Waals surface area contributed by atoms with Gasteiger partial charge in [-0.05, 0) is 23.6 Å². The molecular formula is C10H7Cl2NO. The molecule has 0 atom stereocenters. The molecule has 72 valence electrons. The van der Waals surface area contributed by atoms with E-state index >= 15 is 0 Å². The van der Waals surface area contributed by atoms with Gasteiger partial charge < -0.3 is 4.74 Å². The smallest absolute Gasteiger partial charge is 0.222 e. The maximum absolute atomic E-state index is 6.04. The Bertz CT molecular complexity index is 485. The number of rotatable bonds is 1. The molecule has 0 saturated heterocycles. The first-order valence-corrected chi connectivity index (χ1v) is 4.75. The molecule has 0 saturated carbocycles. The summed E-state index contributed by atoms with van der Waals surface area (Å²) in [5.74, 6) is 0.518. The third kappa shape index (κ3) is 1.51. The second-order valence-electron chi connectivity index (χ2n) is 2.81. The van der Waals surface area contributed by atoms with Gasteiger partial charge in [0.1, 0.15) is 0 Å². The summed E-state index contributed by atoms with van der Waals surface area (Å²) in [7, 11) is 1.56. The predicted molar refractivity (Wildman–Crippen MR) is 58.3 cm³/mol. The van der Waals surface area contributed by atoms with Crippen molar-refractivity contribution in [2.75, 3.05) is 7.11 Å². The molecule has 4 heteroatoms. The highest BCUT2D eigenvalue weighted by molar-refractivity contribution is 6.39. The topological polar surface area (TPSA) is 22.1 Å². The van der Waals surface area contributed by atoms with Gasteiger partial charge in [0.15, 0.2) is 0 Å². The van der Waals surface area contributed by atoms with Crippen LogP contribution >= 0.6 is 23.2 Å². The largest absolute Gasteiger partial charge is 0.481 e. The van der Waals surface area contributed by atoms with E-state index in [4.69, 9.17) is 27.9 Å². The second kappa shape index (κ2) is 3.64. The zero-order chi connectivity index (χ0) is 10.1. The Balaban J connectivity index is 2.87.